The van der Waals surface area contributed by atoms with Crippen molar-refractivity contribution < 1.29 is 9.47 Å². The van der Waals surface area contributed by atoms with Crippen LogP contribution in [0.3, 0.4) is 0 Å². The molecule has 1 aromatic carbocycles. The van der Waals surface area contributed by atoms with Gasteiger partial charge in [0.25, 0.3) is 11.1 Å². The van der Waals surface area contributed by atoms with Gasteiger partial charge in [-0.2, -0.15) is 0 Å². The average molecular weight is 396 g/mol. The van der Waals surface area contributed by atoms with E-state index in [1.54, 1.807) is 43.8 Å². The number of nitrogens with one attached hydrogen (secondary N) is 3. The summed E-state index contributed by atoms with van der Waals surface area (Å²) in [4.78, 5) is 37.7. The normalized spacial score (nSPS) is 13.0. The fourth-order valence-corrected chi connectivity index (χ4v) is 2.94. The number of hydrogen-bond donors (Lipinski definition) is 3. The van der Waals surface area contributed by atoms with Crippen LogP contribution in [-0.4, -0.2) is 34.2 Å². The Labute approximate surface area is 167 Å². The number of H-pyrrole nitrogens is 3. The van der Waals surface area contributed by atoms with Crippen molar-refractivity contribution in [3.8, 4) is 11.5 Å². The van der Waals surface area contributed by atoms with Crippen LogP contribution in [0.25, 0.3) is 12.2 Å². The summed E-state index contributed by atoms with van der Waals surface area (Å²) in [7, 11) is 3.08. The van der Waals surface area contributed by atoms with Crippen LogP contribution in [0.2, 0.25) is 0 Å². The van der Waals surface area contributed by atoms with E-state index in [0.29, 0.717) is 22.8 Å². The Morgan fingerprint density at radius 3 is 2.21 bits per heavy atom. The maximum absolute atomic E-state index is 12.6. The number of nitrogens with zero attached hydrogens (tertiary/aromatic N) is 1. The SMILES string of the molecule is COc1ccc(/C=c2/[nH]c(=O)/c(=C\c3nc[nH]c3C(C)(C)C)[nH]c2=O)c(OC)c1. The molecular weight excluding hydrogens is 372 g/mol. The number of ether oxygens (including phenoxy) is 2. The first-order valence-electron chi connectivity index (χ1n) is 9.05. The summed E-state index contributed by atoms with van der Waals surface area (Å²) in [6.07, 6.45) is 4.68. The van der Waals surface area contributed by atoms with E-state index < -0.39 is 11.1 Å². The van der Waals surface area contributed by atoms with Gasteiger partial charge >= 0.3 is 0 Å². The molecule has 3 N–H and O–H groups in total. The van der Waals surface area contributed by atoms with Crippen LogP contribution in [0.4, 0.5) is 0 Å². The zero-order valence-electron chi connectivity index (χ0n) is 17.0. The average Bonchev–Trinajstić information content (AvgIpc) is 3.14. The lowest BCUT2D eigenvalue weighted by Gasteiger charge is -2.16. The number of imidazole rings is 1. The molecule has 0 aliphatic heterocycles. The molecule has 0 unspecified atom stereocenters. The molecule has 29 heavy (non-hydrogen) atoms. The van der Waals surface area contributed by atoms with E-state index in [4.69, 9.17) is 9.47 Å². The molecule has 0 aliphatic rings. The zero-order valence-corrected chi connectivity index (χ0v) is 17.0. The van der Waals surface area contributed by atoms with Gasteiger partial charge in [0.2, 0.25) is 0 Å². The summed E-state index contributed by atoms with van der Waals surface area (Å²) < 4.78 is 10.5. The van der Waals surface area contributed by atoms with Gasteiger partial charge in [-0.05, 0) is 24.3 Å². The second kappa shape index (κ2) is 7.83. The minimum Gasteiger partial charge on any atom is -0.497 e. The lowest BCUT2D eigenvalue weighted by atomic mass is 9.90. The highest BCUT2D eigenvalue weighted by Crippen LogP contribution is 2.25. The summed E-state index contributed by atoms with van der Waals surface area (Å²) in [5.41, 5.74) is 1.07. The van der Waals surface area contributed by atoms with Crippen LogP contribution >= 0.6 is 0 Å². The molecule has 0 bridgehead atoms. The van der Waals surface area contributed by atoms with E-state index in [1.165, 1.54) is 7.11 Å². The van der Waals surface area contributed by atoms with Crippen molar-refractivity contribution in [1.82, 2.24) is 19.9 Å². The minimum absolute atomic E-state index is 0.119. The second-order valence-electron chi connectivity index (χ2n) is 7.54. The lowest BCUT2D eigenvalue weighted by molar-refractivity contribution is 0.393. The molecule has 0 saturated carbocycles. The summed E-state index contributed by atoms with van der Waals surface area (Å²) >= 11 is 0. The number of hydrogen-bond acceptors (Lipinski definition) is 5. The first kappa shape index (κ1) is 20.2. The lowest BCUT2D eigenvalue weighted by Crippen LogP contribution is -2.46. The summed E-state index contributed by atoms with van der Waals surface area (Å²) in [6, 6.07) is 5.19. The molecule has 8 heteroatoms. The third kappa shape index (κ3) is 4.31. The monoisotopic (exact) mass is 396 g/mol. The molecule has 3 aromatic rings. The fraction of sp³-hybridized carbons (Fsp3) is 0.286. The summed E-state index contributed by atoms with van der Waals surface area (Å²) in [5, 5.41) is 0.250. The number of aromatic nitrogens is 4. The molecule has 8 nitrogen and oxygen atoms in total. The smallest absolute Gasteiger partial charge is 0.272 e. The van der Waals surface area contributed by atoms with E-state index in [1.807, 2.05) is 20.8 Å². The van der Waals surface area contributed by atoms with Gasteiger partial charge in [0, 0.05) is 22.7 Å². The van der Waals surface area contributed by atoms with Crippen LogP contribution in [0, 0.1) is 0 Å². The van der Waals surface area contributed by atoms with Crippen LogP contribution in [0.5, 0.6) is 11.5 Å². The van der Waals surface area contributed by atoms with E-state index >= 15 is 0 Å². The largest absolute Gasteiger partial charge is 0.497 e. The standard InChI is InChI=1S/C21H24N4O4/c1-21(2,3)18-14(22-11-23-18)10-16-20(27)24-15(19(26)25-16)8-12-6-7-13(28-4)9-17(12)29-5/h6-11H,1-5H3,(H,22,23)(H,24,27)(H,25,26)/b15-8+,16-10+. The van der Waals surface area contributed by atoms with Crippen molar-refractivity contribution in [2.24, 2.45) is 0 Å². The maximum Gasteiger partial charge on any atom is 0.272 e. The number of rotatable bonds is 4. The molecule has 0 amide bonds. The molecule has 2 heterocycles. The third-order valence-electron chi connectivity index (χ3n) is 4.43. The molecule has 2 aromatic heterocycles. The van der Waals surface area contributed by atoms with Crippen LogP contribution in [0.15, 0.2) is 34.1 Å². The van der Waals surface area contributed by atoms with Gasteiger partial charge in [-0.15, -0.1) is 0 Å². The Balaban J connectivity index is 2.13. The van der Waals surface area contributed by atoms with Gasteiger partial charge in [-0.3, -0.25) is 9.59 Å². The van der Waals surface area contributed by atoms with E-state index in [9.17, 15) is 9.59 Å². The maximum atomic E-state index is 12.6. The predicted molar refractivity (Wildman–Crippen MR) is 111 cm³/mol. The Morgan fingerprint density at radius 2 is 1.62 bits per heavy atom. The quantitative estimate of drug-likeness (QED) is 0.603. The van der Waals surface area contributed by atoms with E-state index in [-0.39, 0.29) is 16.1 Å². The number of benzene rings is 1. The molecule has 0 aliphatic carbocycles. The molecular formula is C21H24N4O4. The molecule has 152 valence electrons. The molecule has 0 radical (unpaired) electrons. The van der Waals surface area contributed by atoms with E-state index in [2.05, 4.69) is 19.9 Å². The molecule has 3 rings (SSSR count). The first-order chi connectivity index (χ1) is 13.7. The van der Waals surface area contributed by atoms with Crippen molar-refractivity contribution in [2.75, 3.05) is 14.2 Å². The highest BCUT2D eigenvalue weighted by molar-refractivity contribution is 5.58. The van der Waals surface area contributed by atoms with Gasteiger partial charge < -0.3 is 24.4 Å². The molecule has 0 fully saturated rings. The molecule has 0 spiro atoms. The van der Waals surface area contributed by atoms with Crippen molar-refractivity contribution >= 4 is 12.2 Å². The topological polar surface area (TPSA) is 113 Å². The number of methoxy groups -OCH3 is 2. The van der Waals surface area contributed by atoms with Crippen molar-refractivity contribution in [3.63, 3.8) is 0 Å². The van der Waals surface area contributed by atoms with Gasteiger partial charge in [0.05, 0.1) is 26.2 Å². The summed E-state index contributed by atoms with van der Waals surface area (Å²) in [6.45, 7) is 6.10. The molecule has 0 atom stereocenters. The summed E-state index contributed by atoms with van der Waals surface area (Å²) in [5.74, 6) is 1.14. The van der Waals surface area contributed by atoms with Gasteiger partial charge in [-0.1, -0.05) is 20.8 Å². The second-order valence-corrected chi connectivity index (χ2v) is 7.54. The van der Waals surface area contributed by atoms with Crippen molar-refractivity contribution in [3.05, 3.63) is 72.9 Å². The van der Waals surface area contributed by atoms with Crippen molar-refractivity contribution in [1.29, 1.82) is 0 Å². The minimum atomic E-state index is -0.429. The van der Waals surface area contributed by atoms with Gasteiger partial charge in [0.15, 0.2) is 0 Å². The van der Waals surface area contributed by atoms with Crippen LogP contribution in [-0.2, 0) is 5.41 Å². The Bertz CT molecular complexity index is 1260. The van der Waals surface area contributed by atoms with Crippen molar-refractivity contribution in [2.45, 2.75) is 26.2 Å². The van der Waals surface area contributed by atoms with Gasteiger partial charge in [0.1, 0.15) is 22.2 Å². The first-order valence-corrected chi connectivity index (χ1v) is 9.05. The molecule has 0 saturated heterocycles. The van der Waals surface area contributed by atoms with Gasteiger partial charge in [-0.25, -0.2) is 4.98 Å². The van der Waals surface area contributed by atoms with Crippen LogP contribution < -0.4 is 31.3 Å². The van der Waals surface area contributed by atoms with Crippen LogP contribution in [0.1, 0.15) is 37.7 Å². The Hall–Kier alpha value is -3.55. The number of aromatic amines is 3. The zero-order chi connectivity index (χ0) is 21.2. The fourth-order valence-electron chi connectivity index (χ4n) is 2.94. The van der Waals surface area contributed by atoms with E-state index in [0.717, 1.165) is 5.69 Å². The third-order valence-corrected chi connectivity index (χ3v) is 4.43. The Kier molecular flexibility index (Phi) is 5.45. The predicted octanol–water partition coefficient (Wildman–Crippen LogP) is 0.759. The highest BCUT2D eigenvalue weighted by Gasteiger charge is 2.19. The Morgan fingerprint density at radius 1 is 0.966 bits per heavy atom. The highest BCUT2D eigenvalue weighted by atomic mass is 16.5.